The van der Waals surface area contributed by atoms with E-state index in [2.05, 4.69) is 54.5 Å². The fourth-order valence-corrected chi connectivity index (χ4v) is 4.28. The van der Waals surface area contributed by atoms with Gasteiger partial charge in [0.1, 0.15) is 0 Å². The Morgan fingerprint density at radius 1 is 1.00 bits per heavy atom. The topological polar surface area (TPSA) is 15.3 Å². The molecule has 116 valence electrons. The molecule has 1 N–H and O–H groups in total. The standard InChI is InChI=1S/C19H30N2/c1-15-10-12-21(13-11-15)19-14-17(8-9-18(19)20-2)16-6-4-3-5-7-16/h3-7,15,17-20H,8-14H2,1-2H3. The van der Waals surface area contributed by atoms with Gasteiger partial charge in [0.05, 0.1) is 0 Å². The Kier molecular flexibility index (Phi) is 4.97. The van der Waals surface area contributed by atoms with Gasteiger partial charge in [0.2, 0.25) is 0 Å². The summed E-state index contributed by atoms with van der Waals surface area (Å²) in [6.45, 7) is 5.00. The number of piperidine rings is 1. The molecule has 1 heterocycles. The zero-order chi connectivity index (χ0) is 14.7. The number of rotatable bonds is 3. The SMILES string of the molecule is CNC1CCC(c2ccccc2)CC1N1CCC(C)CC1. The van der Waals surface area contributed by atoms with Crippen LogP contribution in [0.15, 0.2) is 30.3 Å². The van der Waals surface area contributed by atoms with Crippen LogP contribution in [0.5, 0.6) is 0 Å². The van der Waals surface area contributed by atoms with Gasteiger partial charge in [-0.15, -0.1) is 0 Å². The van der Waals surface area contributed by atoms with Gasteiger partial charge in [-0.05, 0) is 69.6 Å². The second-order valence-corrected chi connectivity index (χ2v) is 7.10. The number of likely N-dealkylation sites (tertiary alicyclic amines) is 1. The smallest absolute Gasteiger partial charge is 0.0255 e. The highest BCUT2D eigenvalue weighted by Crippen LogP contribution is 2.36. The van der Waals surface area contributed by atoms with Crippen LogP contribution >= 0.6 is 0 Å². The Labute approximate surface area is 129 Å². The minimum Gasteiger partial charge on any atom is -0.315 e. The first-order chi connectivity index (χ1) is 10.3. The van der Waals surface area contributed by atoms with E-state index in [4.69, 9.17) is 0 Å². The van der Waals surface area contributed by atoms with Crippen LogP contribution in [0, 0.1) is 5.92 Å². The molecule has 1 aliphatic carbocycles. The van der Waals surface area contributed by atoms with E-state index in [-0.39, 0.29) is 0 Å². The van der Waals surface area contributed by atoms with E-state index in [9.17, 15) is 0 Å². The van der Waals surface area contributed by atoms with E-state index in [1.165, 1.54) is 45.2 Å². The average Bonchev–Trinajstić information content (AvgIpc) is 2.56. The van der Waals surface area contributed by atoms with Crippen molar-refractivity contribution in [2.24, 2.45) is 5.92 Å². The lowest BCUT2D eigenvalue weighted by Gasteiger charge is -2.45. The molecular formula is C19H30N2. The molecule has 3 unspecified atom stereocenters. The van der Waals surface area contributed by atoms with Crippen molar-refractivity contribution in [2.45, 2.75) is 57.0 Å². The van der Waals surface area contributed by atoms with Gasteiger partial charge in [0.15, 0.2) is 0 Å². The summed E-state index contributed by atoms with van der Waals surface area (Å²) in [7, 11) is 2.15. The molecule has 2 nitrogen and oxygen atoms in total. The van der Waals surface area contributed by atoms with E-state index in [0.29, 0.717) is 6.04 Å². The summed E-state index contributed by atoms with van der Waals surface area (Å²) in [5.41, 5.74) is 1.54. The minimum absolute atomic E-state index is 0.679. The van der Waals surface area contributed by atoms with E-state index < -0.39 is 0 Å². The zero-order valence-electron chi connectivity index (χ0n) is 13.6. The molecule has 3 rings (SSSR count). The summed E-state index contributed by atoms with van der Waals surface area (Å²) in [6.07, 6.45) is 6.72. The average molecular weight is 286 g/mol. The molecule has 0 bridgehead atoms. The van der Waals surface area contributed by atoms with Crippen molar-refractivity contribution in [2.75, 3.05) is 20.1 Å². The molecule has 2 fully saturated rings. The van der Waals surface area contributed by atoms with Crippen LogP contribution in [0.25, 0.3) is 0 Å². The van der Waals surface area contributed by atoms with Crippen LogP contribution in [0.3, 0.4) is 0 Å². The largest absolute Gasteiger partial charge is 0.315 e. The normalized spacial score (nSPS) is 32.2. The van der Waals surface area contributed by atoms with Crippen LogP contribution < -0.4 is 5.32 Å². The fourth-order valence-electron chi connectivity index (χ4n) is 4.28. The molecule has 3 atom stereocenters. The van der Waals surface area contributed by atoms with Crippen LogP contribution in [-0.2, 0) is 0 Å². The van der Waals surface area contributed by atoms with Gasteiger partial charge in [-0.2, -0.15) is 0 Å². The maximum absolute atomic E-state index is 3.59. The van der Waals surface area contributed by atoms with Gasteiger partial charge < -0.3 is 5.32 Å². The maximum Gasteiger partial charge on any atom is 0.0255 e. The number of hydrogen-bond donors (Lipinski definition) is 1. The Morgan fingerprint density at radius 2 is 1.71 bits per heavy atom. The first-order valence-electron chi connectivity index (χ1n) is 8.74. The lowest BCUT2D eigenvalue weighted by molar-refractivity contribution is 0.0818. The highest BCUT2D eigenvalue weighted by atomic mass is 15.2. The Balaban J connectivity index is 1.70. The van der Waals surface area contributed by atoms with Crippen molar-refractivity contribution in [1.82, 2.24) is 10.2 Å². The van der Waals surface area contributed by atoms with E-state index >= 15 is 0 Å². The lowest BCUT2D eigenvalue weighted by Crippen LogP contribution is -2.54. The number of likely N-dealkylation sites (N-methyl/N-ethyl adjacent to an activating group) is 1. The van der Waals surface area contributed by atoms with E-state index in [1.54, 1.807) is 5.56 Å². The Hall–Kier alpha value is -0.860. The Bertz CT molecular complexity index is 422. The summed E-state index contributed by atoms with van der Waals surface area (Å²) in [4.78, 5) is 2.77. The molecular weight excluding hydrogens is 256 g/mol. The predicted octanol–water partition coefficient (Wildman–Crippen LogP) is 3.64. The molecule has 0 radical (unpaired) electrons. The predicted molar refractivity (Wildman–Crippen MR) is 89.6 cm³/mol. The second kappa shape index (κ2) is 6.93. The third kappa shape index (κ3) is 3.49. The third-order valence-corrected chi connectivity index (χ3v) is 5.75. The number of nitrogens with zero attached hydrogens (tertiary/aromatic N) is 1. The van der Waals surface area contributed by atoms with Crippen LogP contribution in [0.4, 0.5) is 0 Å². The highest BCUT2D eigenvalue weighted by molar-refractivity contribution is 5.21. The summed E-state index contributed by atoms with van der Waals surface area (Å²) in [5.74, 6) is 1.67. The van der Waals surface area contributed by atoms with Crippen molar-refractivity contribution in [3.8, 4) is 0 Å². The fraction of sp³-hybridized carbons (Fsp3) is 0.684. The van der Waals surface area contributed by atoms with Gasteiger partial charge in [-0.3, -0.25) is 4.90 Å². The van der Waals surface area contributed by atoms with Gasteiger partial charge in [-0.25, -0.2) is 0 Å². The Morgan fingerprint density at radius 3 is 2.38 bits per heavy atom. The van der Waals surface area contributed by atoms with Gasteiger partial charge in [0, 0.05) is 12.1 Å². The summed E-state index contributed by atoms with van der Waals surface area (Å²) in [5, 5.41) is 3.59. The molecule has 1 saturated carbocycles. The molecule has 1 saturated heterocycles. The zero-order valence-corrected chi connectivity index (χ0v) is 13.6. The lowest BCUT2D eigenvalue weighted by atomic mass is 9.77. The molecule has 1 aromatic rings. The first-order valence-corrected chi connectivity index (χ1v) is 8.74. The highest BCUT2D eigenvalue weighted by Gasteiger charge is 2.35. The maximum atomic E-state index is 3.59. The van der Waals surface area contributed by atoms with E-state index in [1.807, 2.05) is 0 Å². The van der Waals surface area contributed by atoms with Crippen LogP contribution in [-0.4, -0.2) is 37.1 Å². The molecule has 2 aliphatic rings. The quantitative estimate of drug-likeness (QED) is 0.912. The molecule has 1 aromatic carbocycles. The second-order valence-electron chi connectivity index (χ2n) is 7.10. The number of nitrogens with one attached hydrogen (secondary N) is 1. The molecule has 0 aromatic heterocycles. The molecule has 2 heteroatoms. The molecule has 0 amide bonds. The van der Waals surface area contributed by atoms with Crippen LogP contribution in [0.1, 0.15) is 50.5 Å². The van der Waals surface area contributed by atoms with Crippen molar-refractivity contribution in [3.63, 3.8) is 0 Å². The van der Waals surface area contributed by atoms with Crippen molar-refractivity contribution in [1.29, 1.82) is 0 Å². The number of benzene rings is 1. The molecule has 0 spiro atoms. The first kappa shape index (κ1) is 15.1. The van der Waals surface area contributed by atoms with Crippen molar-refractivity contribution >= 4 is 0 Å². The monoisotopic (exact) mass is 286 g/mol. The minimum atomic E-state index is 0.679. The van der Waals surface area contributed by atoms with E-state index in [0.717, 1.165) is 17.9 Å². The van der Waals surface area contributed by atoms with Gasteiger partial charge in [0.25, 0.3) is 0 Å². The summed E-state index contributed by atoms with van der Waals surface area (Å²) in [6, 6.07) is 12.6. The third-order valence-electron chi connectivity index (χ3n) is 5.75. The van der Waals surface area contributed by atoms with Crippen LogP contribution in [0.2, 0.25) is 0 Å². The van der Waals surface area contributed by atoms with Crippen molar-refractivity contribution < 1.29 is 0 Å². The number of hydrogen-bond acceptors (Lipinski definition) is 2. The van der Waals surface area contributed by atoms with Crippen molar-refractivity contribution in [3.05, 3.63) is 35.9 Å². The molecule has 1 aliphatic heterocycles. The molecule has 21 heavy (non-hydrogen) atoms. The summed E-state index contributed by atoms with van der Waals surface area (Å²) < 4.78 is 0. The van der Waals surface area contributed by atoms with Gasteiger partial charge >= 0.3 is 0 Å². The summed E-state index contributed by atoms with van der Waals surface area (Å²) >= 11 is 0. The van der Waals surface area contributed by atoms with Gasteiger partial charge in [-0.1, -0.05) is 37.3 Å².